The maximum atomic E-state index is 10.7. The number of benzene rings is 1. The molecule has 2 N–H and O–H groups in total. The van der Waals surface area contributed by atoms with Crippen molar-refractivity contribution >= 4 is 12.0 Å². The van der Waals surface area contributed by atoms with Gasteiger partial charge in [0, 0.05) is 23.5 Å². The Morgan fingerprint density at radius 1 is 1.00 bits per heavy atom. The van der Waals surface area contributed by atoms with Crippen molar-refractivity contribution in [2.24, 2.45) is 5.10 Å². The monoisotopic (exact) mass is 326 g/mol. The van der Waals surface area contributed by atoms with Gasteiger partial charge in [-0.25, -0.2) is 4.98 Å². The Kier molecular flexibility index (Phi) is 4.92. The third-order valence-electron chi connectivity index (χ3n) is 3.70. The second kappa shape index (κ2) is 6.59. The summed E-state index contributed by atoms with van der Waals surface area (Å²) >= 11 is 0. The van der Waals surface area contributed by atoms with Gasteiger partial charge in [-0.05, 0) is 28.5 Å². The van der Waals surface area contributed by atoms with Gasteiger partial charge in [0.05, 0.1) is 12.4 Å². The molecule has 1 aromatic carbocycles. The molecule has 0 unspecified atom stereocenters. The Balaban J connectivity index is 2.39. The molecule has 2 aromatic rings. The SMILES string of the molecule is CC(C)(C)c1cc(/C=N\Nc2cnccn2)cc(C(C)(C)C)c1O. The average Bonchev–Trinajstić information content (AvgIpc) is 2.47. The van der Waals surface area contributed by atoms with E-state index in [9.17, 15) is 5.11 Å². The van der Waals surface area contributed by atoms with E-state index in [0.29, 0.717) is 11.6 Å². The lowest BCUT2D eigenvalue weighted by molar-refractivity contribution is 0.423. The van der Waals surface area contributed by atoms with Crippen LogP contribution < -0.4 is 5.43 Å². The minimum Gasteiger partial charge on any atom is -0.507 e. The highest BCUT2D eigenvalue weighted by molar-refractivity contribution is 5.82. The van der Waals surface area contributed by atoms with Crippen LogP contribution in [0.4, 0.5) is 5.82 Å². The summed E-state index contributed by atoms with van der Waals surface area (Å²) in [7, 11) is 0. The summed E-state index contributed by atoms with van der Waals surface area (Å²) < 4.78 is 0. The second-order valence-electron chi connectivity index (χ2n) is 7.93. The molecule has 128 valence electrons. The van der Waals surface area contributed by atoms with E-state index in [0.717, 1.165) is 16.7 Å². The van der Waals surface area contributed by atoms with Gasteiger partial charge in [-0.1, -0.05) is 41.5 Å². The van der Waals surface area contributed by atoms with Crippen LogP contribution >= 0.6 is 0 Å². The molecule has 24 heavy (non-hydrogen) atoms. The van der Waals surface area contributed by atoms with Crippen molar-refractivity contribution in [3.63, 3.8) is 0 Å². The van der Waals surface area contributed by atoms with Crippen LogP contribution in [0.25, 0.3) is 0 Å². The third kappa shape index (κ3) is 4.31. The van der Waals surface area contributed by atoms with Crippen molar-refractivity contribution in [2.45, 2.75) is 52.4 Å². The first-order valence-corrected chi connectivity index (χ1v) is 8.02. The molecule has 2 rings (SSSR count). The number of nitrogens with one attached hydrogen (secondary N) is 1. The van der Waals surface area contributed by atoms with E-state index in [1.54, 1.807) is 24.8 Å². The van der Waals surface area contributed by atoms with Crippen molar-refractivity contribution in [3.05, 3.63) is 47.4 Å². The van der Waals surface area contributed by atoms with Crippen LogP contribution in [0.2, 0.25) is 0 Å². The van der Waals surface area contributed by atoms with Gasteiger partial charge in [0.25, 0.3) is 0 Å². The predicted octanol–water partition coefficient (Wildman–Crippen LogP) is 4.22. The lowest BCUT2D eigenvalue weighted by Crippen LogP contribution is -2.18. The van der Waals surface area contributed by atoms with Gasteiger partial charge in [0.1, 0.15) is 5.75 Å². The molecule has 0 saturated heterocycles. The third-order valence-corrected chi connectivity index (χ3v) is 3.70. The maximum Gasteiger partial charge on any atom is 0.164 e. The number of hydrazone groups is 1. The molecule has 5 nitrogen and oxygen atoms in total. The molecule has 0 aliphatic heterocycles. The van der Waals surface area contributed by atoms with Crippen LogP contribution in [0.3, 0.4) is 0 Å². The van der Waals surface area contributed by atoms with Gasteiger partial charge in [-0.2, -0.15) is 5.10 Å². The number of phenols is 1. The quantitative estimate of drug-likeness (QED) is 0.654. The molecule has 5 heteroatoms. The smallest absolute Gasteiger partial charge is 0.164 e. The van der Waals surface area contributed by atoms with Gasteiger partial charge < -0.3 is 5.11 Å². The summed E-state index contributed by atoms with van der Waals surface area (Å²) in [4.78, 5) is 8.09. The Morgan fingerprint density at radius 3 is 2.04 bits per heavy atom. The second-order valence-corrected chi connectivity index (χ2v) is 7.93. The predicted molar refractivity (Wildman–Crippen MR) is 98.8 cm³/mol. The molecule has 0 fully saturated rings. The summed E-state index contributed by atoms with van der Waals surface area (Å²) in [6.07, 6.45) is 6.56. The van der Waals surface area contributed by atoms with Crippen LogP contribution in [0.15, 0.2) is 35.8 Å². The first-order chi connectivity index (χ1) is 11.1. The largest absolute Gasteiger partial charge is 0.507 e. The van der Waals surface area contributed by atoms with Crippen LogP contribution in [0.1, 0.15) is 58.2 Å². The summed E-state index contributed by atoms with van der Waals surface area (Å²) in [6, 6.07) is 3.96. The van der Waals surface area contributed by atoms with Crippen molar-refractivity contribution in [1.29, 1.82) is 0 Å². The molecule has 0 spiro atoms. The van der Waals surface area contributed by atoms with Gasteiger partial charge in [-0.15, -0.1) is 0 Å². The minimum absolute atomic E-state index is 0.160. The highest BCUT2D eigenvalue weighted by atomic mass is 16.3. The van der Waals surface area contributed by atoms with E-state index in [4.69, 9.17) is 0 Å². The molecule has 0 radical (unpaired) electrons. The summed E-state index contributed by atoms with van der Waals surface area (Å²) in [6.45, 7) is 12.5. The van der Waals surface area contributed by atoms with E-state index in [2.05, 4.69) is 62.0 Å². The summed E-state index contributed by atoms with van der Waals surface area (Å²) in [5.41, 5.74) is 5.29. The van der Waals surface area contributed by atoms with Crippen molar-refractivity contribution in [2.75, 3.05) is 5.43 Å². The average molecular weight is 326 g/mol. The lowest BCUT2D eigenvalue weighted by atomic mass is 9.78. The number of aromatic hydroxyl groups is 1. The Hall–Kier alpha value is -2.43. The Labute approximate surface area is 143 Å². The zero-order chi connectivity index (χ0) is 18.0. The number of hydrogen-bond donors (Lipinski definition) is 2. The van der Waals surface area contributed by atoms with E-state index < -0.39 is 0 Å². The fraction of sp³-hybridized carbons (Fsp3) is 0.421. The van der Waals surface area contributed by atoms with Crippen LogP contribution in [0.5, 0.6) is 5.75 Å². The maximum absolute atomic E-state index is 10.7. The fourth-order valence-electron chi connectivity index (χ4n) is 2.40. The lowest BCUT2D eigenvalue weighted by Gasteiger charge is -2.27. The standard InChI is InChI=1S/C19H26N4O/c1-18(2,3)14-9-13(10-15(17(14)24)19(4,5)6)11-22-23-16-12-20-7-8-21-16/h7-12,24H,1-6H3,(H,21,23)/b22-11-. The van der Waals surface area contributed by atoms with Gasteiger partial charge in [-0.3, -0.25) is 10.4 Å². The number of phenolic OH excluding ortho intramolecular Hbond substituents is 1. The van der Waals surface area contributed by atoms with Crippen LogP contribution in [-0.4, -0.2) is 21.3 Å². The fourth-order valence-corrected chi connectivity index (χ4v) is 2.40. The summed E-state index contributed by atoms with van der Waals surface area (Å²) in [5.74, 6) is 0.952. The molecular formula is C19H26N4O. The van der Waals surface area contributed by atoms with E-state index in [1.807, 2.05) is 12.1 Å². The highest BCUT2D eigenvalue weighted by Gasteiger charge is 2.26. The van der Waals surface area contributed by atoms with E-state index in [-0.39, 0.29) is 10.8 Å². The molecule has 0 amide bonds. The van der Waals surface area contributed by atoms with E-state index >= 15 is 0 Å². The molecule has 0 saturated carbocycles. The van der Waals surface area contributed by atoms with Crippen molar-refractivity contribution < 1.29 is 5.11 Å². The van der Waals surface area contributed by atoms with Crippen molar-refractivity contribution in [1.82, 2.24) is 9.97 Å². The van der Waals surface area contributed by atoms with Crippen LogP contribution in [-0.2, 0) is 10.8 Å². The number of aromatic nitrogens is 2. The molecule has 1 aromatic heterocycles. The number of hydrogen-bond acceptors (Lipinski definition) is 5. The van der Waals surface area contributed by atoms with Crippen LogP contribution in [0, 0.1) is 0 Å². The molecule has 0 bridgehead atoms. The molecule has 1 heterocycles. The molecule has 0 aliphatic rings. The van der Waals surface area contributed by atoms with Gasteiger partial charge >= 0.3 is 0 Å². The minimum atomic E-state index is -0.160. The summed E-state index contributed by atoms with van der Waals surface area (Å²) in [5, 5.41) is 14.9. The Bertz CT molecular complexity index is 690. The number of rotatable bonds is 3. The first kappa shape index (κ1) is 17.9. The molecule has 0 aliphatic carbocycles. The number of anilines is 1. The zero-order valence-electron chi connectivity index (χ0n) is 15.3. The first-order valence-electron chi connectivity index (χ1n) is 8.02. The normalized spacial score (nSPS) is 12.6. The van der Waals surface area contributed by atoms with Crippen molar-refractivity contribution in [3.8, 4) is 5.75 Å². The van der Waals surface area contributed by atoms with E-state index in [1.165, 1.54) is 0 Å². The van der Waals surface area contributed by atoms with Gasteiger partial charge in [0.2, 0.25) is 0 Å². The topological polar surface area (TPSA) is 70.4 Å². The molecular weight excluding hydrogens is 300 g/mol. The zero-order valence-corrected chi connectivity index (χ0v) is 15.3. The van der Waals surface area contributed by atoms with Gasteiger partial charge in [0.15, 0.2) is 5.82 Å². The highest BCUT2D eigenvalue weighted by Crippen LogP contribution is 2.39. The Morgan fingerprint density at radius 2 is 1.58 bits per heavy atom. The number of nitrogens with zero attached hydrogens (tertiary/aromatic N) is 3. The molecule has 0 atom stereocenters.